The van der Waals surface area contributed by atoms with Crippen LogP contribution in [-0.4, -0.2) is 41.7 Å². The summed E-state index contributed by atoms with van der Waals surface area (Å²) in [4.78, 5) is 4.54. The van der Waals surface area contributed by atoms with Crippen molar-refractivity contribution in [2.75, 3.05) is 7.11 Å². The van der Waals surface area contributed by atoms with E-state index in [1.165, 1.54) is 5.56 Å². The van der Waals surface area contributed by atoms with Gasteiger partial charge in [-0.15, -0.1) is 10.2 Å². The Morgan fingerprint density at radius 3 is 2.47 bits per heavy atom. The quantitative estimate of drug-likeness (QED) is 0.429. The van der Waals surface area contributed by atoms with Gasteiger partial charge in [0.25, 0.3) is 5.78 Å². The van der Waals surface area contributed by atoms with Crippen molar-refractivity contribution in [1.82, 2.24) is 34.6 Å². The van der Waals surface area contributed by atoms with Crippen molar-refractivity contribution in [2.45, 2.75) is 18.3 Å². The van der Waals surface area contributed by atoms with Gasteiger partial charge in [0.1, 0.15) is 11.4 Å². The minimum Gasteiger partial charge on any atom is -0.497 e. The Morgan fingerprint density at radius 1 is 0.938 bits per heavy atom. The first kappa shape index (κ1) is 18.7. The van der Waals surface area contributed by atoms with Crippen molar-refractivity contribution >= 4 is 5.78 Å². The van der Waals surface area contributed by atoms with Crippen LogP contribution in [0, 0.1) is 0 Å². The highest BCUT2D eigenvalue weighted by Gasteiger charge is 2.50. The van der Waals surface area contributed by atoms with Crippen LogP contribution in [-0.2, 0) is 12.5 Å². The topological polar surface area (TPSA) is 83.0 Å². The van der Waals surface area contributed by atoms with E-state index in [1.807, 2.05) is 43.7 Å². The van der Waals surface area contributed by atoms with Gasteiger partial charge in [-0.3, -0.25) is 4.68 Å². The van der Waals surface area contributed by atoms with E-state index in [1.54, 1.807) is 22.5 Å². The van der Waals surface area contributed by atoms with E-state index >= 15 is 0 Å². The number of ether oxygens (including phenoxy) is 1. The van der Waals surface area contributed by atoms with E-state index < -0.39 is 0 Å². The maximum Gasteiger partial charge on any atom is 0.271 e. The maximum atomic E-state index is 5.31. The number of rotatable bonds is 5. The van der Waals surface area contributed by atoms with Crippen LogP contribution in [0.25, 0.3) is 28.2 Å². The summed E-state index contributed by atoms with van der Waals surface area (Å²) < 4.78 is 8.90. The number of nitrogens with zero attached hydrogens (tertiary/aromatic N) is 7. The molecule has 1 fully saturated rings. The molecule has 0 radical (unpaired) electrons. The van der Waals surface area contributed by atoms with E-state index in [-0.39, 0.29) is 5.41 Å². The molecular weight excluding hydrogens is 402 g/mol. The molecule has 1 saturated carbocycles. The molecule has 0 unspecified atom stereocenters. The van der Waals surface area contributed by atoms with Crippen LogP contribution in [0.5, 0.6) is 5.75 Å². The van der Waals surface area contributed by atoms with E-state index in [4.69, 9.17) is 9.84 Å². The third kappa shape index (κ3) is 2.95. The number of methoxy groups -OCH3 is 1. The Hall–Kier alpha value is -4.07. The molecular formula is C24H21N7O. The van der Waals surface area contributed by atoms with E-state index in [9.17, 15) is 0 Å². The molecule has 6 rings (SSSR count). The van der Waals surface area contributed by atoms with Crippen LogP contribution in [0.2, 0.25) is 0 Å². The van der Waals surface area contributed by atoms with Crippen LogP contribution in [0.4, 0.5) is 0 Å². The summed E-state index contributed by atoms with van der Waals surface area (Å²) in [7, 11) is 3.59. The molecule has 1 aliphatic carbocycles. The van der Waals surface area contributed by atoms with Gasteiger partial charge in [-0.25, -0.2) is 4.98 Å². The zero-order chi connectivity index (χ0) is 21.7. The van der Waals surface area contributed by atoms with Crippen molar-refractivity contribution in [3.8, 4) is 28.1 Å². The average Bonchev–Trinajstić information content (AvgIpc) is 3.33. The van der Waals surface area contributed by atoms with Gasteiger partial charge in [0.2, 0.25) is 0 Å². The summed E-state index contributed by atoms with van der Waals surface area (Å²) in [6, 6.07) is 16.4. The smallest absolute Gasteiger partial charge is 0.271 e. The second kappa shape index (κ2) is 6.98. The number of benzene rings is 2. The summed E-state index contributed by atoms with van der Waals surface area (Å²) in [6.07, 6.45) is 7.61. The Kier molecular flexibility index (Phi) is 4.07. The summed E-state index contributed by atoms with van der Waals surface area (Å²) >= 11 is 0. The van der Waals surface area contributed by atoms with Crippen LogP contribution < -0.4 is 4.74 Å². The van der Waals surface area contributed by atoms with Crippen LogP contribution >= 0.6 is 0 Å². The zero-order valence-corrected chi connectivity index (χ0v) is 17.8. The minimum absolute atomic E-state index is 0.184. The number of fused-ring (bicyclic) bond motifs is 1. The molecule has 5 aromatic rings. The Balaban J connectivity index is 1.42. The SMILES string of the molecule is COc1ccc(C2(c3nnc4ncc(-c5cccc(-c6cnn(C)c6)c5)nn34)CC2)cc1. The first-order chi connectivity index (χ1) is 15.7. The molecule has 8 nitrogen and oxygen atoms in total. The van der Waals surface area contributed by atoms with Gasteiger partial charge in [-0.2, -0.15) is 14.7 Å². The van der Waals surface area contributed by atoms with Crippen molar-refractivity contribution in [3.63, 3.8) is 0 Å². The zero-order valence-electron chi connectivity index (χ0n) is 17.8. The molecule has 0 aliphatic heterocycles. The van der Waals surface area contributed by atoms with Crippen molar-refractivity contribution in [2.24, 2.45) is 7.05 Å². The molecule has 0 atom stereocenters. The minimum atomic E-state index is -0.184. The molecule has 158 valence electrons. The molecule has 1 aliphatic rings. The van der Waals surface area contributed by atoms with Gasteiger partial charge in [0.15, 0.2) is 5.82 Å². The number of hydrogen-bond donors (Lipinski definition) is 0. The van der Waals surface area contributed by atoms with E-state index in [0.717, 1.165) is 46.8 Å². The molecule has 0 N–H and O–H groups in total. The van der Waals surface area contributed by atoms with Gasteiger partial charge < -0.3 is 4.74 Å². The second-order valence-electron chi connectivity index (χ2n) is 8.17. The lowest BCUT2D eigenvalue weighted by atomic mass is 9.95. The van der Waals surface area contributed by atoms with Gasteiger partial charge in [0, 0.05) is 24.4 Å². The normalized spacial score (nSPS) is 14.6. The largest absolute Gasteiger partial charge is 0.497 e. The van der Waals surface area contributed by atoms with Crippen molar-refractivity contribution in [3.05, 3.63) is 78.5 Å². The lowest BCUT2D eigenvalue weighted by molar-refractivity contribution is 0.414. The molecule has 2 aromatic carbocycles. The third-order valence-corrected chi connectivity index (χ3v) is 6.15. The fraction of sp³-hybridized carbons (Fsp3) is 0.208. The molecule has 32 heavy (non-hydrogen) atoms. The van der Waals surface area contributed by atoms with Crippen LogP contribution in [0.1, 0.15) is 24.2 Å². The van der Waals surface area contributed by atoms with E-state index in [2.05, 4.69) is 44.5 Å². The van der Waals surface area contributed by atoms with Gasteiger partial charge in [-0.1, -0.05) is 30.3 Å². The highest BCUT2D eigenvalue weighted by Crippen LogP contribution is 2.52. The molecule has 0 bridgehead atoms. The summed E-state index contributed by atoms with van der Waals surface area (Å²) in [6.45, 7) is 0. The second-order valence-corrected chi connectivity index (χ2v) is 8.17. The highest BCUT2D eigenvalue weighted by atomic mass is 16.5. The summed E-state index contributed by atoms with van der Waals surface area (Å²) in [5.74, 6) is 2.17. The Morgan fingerprint density at radius 2 is 1.75 bits per heavy atom. The molecule has 3 heterocycles. The van der Waals surface area contributed by atoms with Gasteiger partial charge in [-0.05, 0) is 42.2 Å². The molecule has 3 aromatic heterocycles. The Labute approximate surface area is 184 Å². The number of hydrogen-bond acceptors (Lipinski definition) is 6. The third-order valence-electron chi connectivity index (χ3n) is 6.15. The summed E-state index contributed by atoms with van der Waals surface area (Å²) in [5.41, 5.74) is 4.90. The number of aryl methyl sites for hydroxylation is 1. The fourth-order valence-corrected chi connectivity index (χ4v) is 4.23. The number of aromatic nitrogens is 7. The first-order valence-corrected chi connectivity index (χ1v) is 10.5. The predicted octanol–water partition coefficient (Wildman–Crippen LogP) is 3.68. The maximum absolute atomic E-state index is 5.31. The molecule has 8 heteroatoms. The standard InChI is InChI=1S/C24H21N7O/c1-30-15-18(13-26-30)16-4-3-5-17(12-16)21-14-25-23-28-27-22(31(23)29-21)24(10-11-24)19-6-8-20(32-2)9-7-19/h3-9,12-15H,10-11H2,1-2H3. The highest BCUT2D eigenvalue weighted by molar-refractivity contribution is 5.70. The van der Waals surface area contributed by atoms with Gasteiger partial charge >= 0.3 is 0 Å². The van der Waals surface area contributed by atoms with E-state index in [0.29, 0.717) is 5.78 Å². The van der Waals surface area contributed by atoms with Crippen LogP contribution in [0.15, 0.2) is 67.1 Å². The molecule has 0 amide bonds. The van der Waals surface area contributed by atoms with Crippen molar-refractivity contribution in [1.29, 1.82) is 0 Å². The monoisotopic (exact) mass is 423 g/mol. The van der Waals surface area contributed by atoms with Crippen LogP contribution in [0.3, 0.4) is 0 Å². The molecule has 0 saturated heterocycles. The van der Waals surface area contributed by atoms with Crippen molar-refractivity contribution < 1.29 is 4.74 Å². The predicted molar refractivity (Wildman–Crippen MR) is 119 cm³/mol. The summed E-state index contributed by atoms with van der Waals surface area (Å²) in [5, 5.41) is 18.0. The molecule has 0 spiro atoms. The first-order valence-electron chi connectivity index (χ1n) is 10.5. The lowest BCUT2D eigenvalue weighted by Crippen LogP contribution is -2.15. The van der Waals surface area contributed by atoms with Gasteiger partial charge in [0.05, 0.1) is 24.9 Å². The Bertz CT molecular complexity index is 1430. The average molecular weight is 423 g/mol. The lowest BCUT2D eigenvalue weighted by Gasteiger charge is -2.14. The fourth-order valence-electron chi connectivity index (χ4n) is 4.23.